The predicted octanol–water partition coefficient (Wildman–Crippen LogP) is 4.48. The van der Waals surface area contributed by atoms with Gasteiger partial charge in [-0.1, -0.05) is 41.4 Å². The van der Waals surface area contributed by atoms with E-state index in [1.165, 1.54) is 5.56 Å². The van der Waals surface area contributed by atoms with Gasteiger partial charge in [-0.2, -0.15) is 0 Å². The SMILES string of the molecule is Cc1ccc2c(c1)C(c1ccc(Cl)cc1)=NCc1cc(=N)n(C)cc1-2. The number of nitrogens with zero attached hydrogens (tertiary/aromatic N) is 2. The van der Waals surface area contributed by atoms with Crippen molar-refractivity contribution >= 4 is 17.3 Å². The normalized spacial score (nSPS) is 12.8. The maximum atomic E-state index is 8.09. The first kappa shape index (κ1) is 15.9. The van der Waals surface area contributed by atoms with Gasteiger partial charge in [-0.05, 0) is 42.3 Å². The lowest BCUT2D eigenvalue weighted by atomic mass is 9.92. The average molecular weight is 348 g/mol. The Morgan fingerprint density at radius 1 is 1.00 bits per heavy atom. The highest BCUT2D eigenvalue weighted by Crippen LogP contribution is 2.32. The highest BCUT2D eigenvalue weighted by Gasteiger charge is 2.19. The number of pyridine rings is 1. The van der Waals surface area contributed by atoms with Crippen LogP contribution in [0.5, 0.6) is 0 Å². The number of fused-ring (bicyclic) bond motifs is 3. The molecular weight excluding hydrogens is 330 g/mol. The largest absolute Gasteiger partial charge is 0.336 e. The van der Waals surface area contributed by atoms with Crippen LogP contribution in [0.4, 0.5) is 0 Å². The maximum Gasteiger partial charge on any atom is 0.124 e. The standard InChI is InChI=1S/C21H18ClN3/c1-13-3-8-17-18(9-13)21(14-4-6-16(22)7-5-14)24-11-15-10-20(23)25(2)12-19(15)17/h3-10,12,23H,11H2,1-2H3. The molecule has 0 amide bonds. The number of aromatic nitrogens is 1. The van der Waals surface area contributed by atoms with Crippen molar-refractivity contribution < 1.29 is 0 Å². The minimum absolute atomic E-state index is 0.484. The van der Waals surface area contributed by atoms with Crippen molar-refractivity contribution in [2.45, 2.75) is 13.5 Å². The number of aryl methyl sites for hydroxylation is 2. The van der Waals surface area contributed by atoms with Crippen LogP contribution in [0.2, 0.25) is 5.02 Å². The average Bonchev–Trinajstić information content (AvgIpc) is 2.73. The molecule has 4 rings (SSSR count). The Morgan fingerprint density at radius 3 is 2.52 bits per heavy atom. The first-order valence-corrected chi connectivity index (χ1v) is 8.56. The zero-order valence-electron chi connectivity index (χ0n) is 14.2. The lowest BCUT2D eigenvalue weighted by Gasteiger charge is -2.13. The quantitative estimate of drug-likeness (QED) is 0.674. The number of rotatable bonds is 1. The molecule has 0 unspecified atom stereocenters. The van der Waals surface area contributed by atoms with Gasteiger partial charge in [0.05, 0.1) is 12.3 Å². The van der Waals surface area contributed by atoms with Gasteiger partial charge in [0.25, 0.3) is 0 Å². The summed E-state index contributed by atoms with van der Waals surface area (Å²) in [5.74, 6) is 0. The highest BCUT2D eigenvalue weighted by molar-refractivity contribution is 6.30. The summed E-state index contributed by atoms with van der Waals surface area (Å²) < 4.78 is 1.84. The molecule has 25 heavy (non-hydrogen) atoms. The van der Waals surface area contributed by atoms with E-state index in [1.54, 1.807) is 0 Å². The van der Waals surface area contributed by atoms with Crippen molar-refractivity contribution in [2.24, 2.45) is 12.0 Å². The maximum absolute atomic E-state index is 8.09. The fraction of sp³-hybridized carbons (Fsp3) is 0.143. The second kappa shape index (κ2) is 6.01. The lowest BCUT2D eigenvalue weighted by Crippen LogP contribution is -2.16. The molecule has 0 bridgehead atoms. The molecule has 0 atom stereocenters. The smallest absolute Gasteiger partial charge is 0.124 e. The van der Waals surface area contributed by atoms with Crippen molar-refractivity contribution in [3.05, 3.63) is 87.5 Å². The Morgan fingerprint density at radius 2 is 1.76 bits per heavy atom. The van der Waals surface area contributed by atoms with Crippen LogP contribution in [0.15, 0.2) is 59.7 Å². The molecule has 0 fully saturated rings. The van der Waals surface area contributed by atoms with Gasteiger partial charge in [-0.25, -0.2) is 0 Å². The summed E-state index contributed by atoms with van der Waals surface area (Å²) in [6.45, 7) is 2.66. The van der Waals surface area contributed by atoms with Gasteiger partial charge in [-0.15, -0.1) is 0 Å². The molecule has 0 saturated heterocycles. The van der Waals surface area contributed by atoms with E-state index < -0.39 is 0 Å². The van der Waals surface area contributed by atoms with Gasteiger partial charge >= 0.3 is 0 Å². The summed E-state index contributed by atoms with van der Waals surface area (Å²) in [5.41, 5.74) is 8.21. The topological polar surface area (TPSA) is 41.1 Å². The molecule has 2 aromatic carbocycles. The van der Waals surface area contributed by atoms with Crippen LogP contribution < -0.4 is 5.49 Å². The summed E-state index contributed by atoms with van der Waals surface area (Å²) in [5, 5.41) is 8.81. The molecule has 0 spiro atoms. The first-order valence-electron chi connectivity index (χ1n) is 8.19. The van der Waals surface area contributed by atoms with Crippen LogP contribution in [-0.4, -0.2) is 10.3 Å². The number of nitrogens with one attached hydrogen (secondary N) is 1. The van der Waals surface area contributed by atoms with E-state index in [9.17, 15) is 0 Å². The number of halogens is 1. The van der Waals surface area contributed by atoms with E-state index in [1.807, 2.05) is 48.1 Å². The van der Waals surface area contributed by atoms with Crippen LogP contribution in [-0.2, 0) is 13.6 Å². The molecule has 2 heterocycles. The highest BCUT2D eigenvalue weighted by atomic mass is 35.5. The van der Waals surface area contributed by atoms with Crippen molar-refractivity contribution in [1.82, 2.24) is 4.57 Å². The Labute approximate surface area is 151 Å². The second-order valence-electron chi connectivity index (χ2n) is 6.43. The summed E-state index contributed by atoms with van der Waals surface area (Å²) in [6.07, 6.45) is 2.03. The van der Waals surface area contributed by atoms with Gasteiger partial charge in [0, 0.05) is 35.0 Å². The third kappa shape index (κ3) is 2.81. The molecule has 3 nitrogen and oxygen atoms in total. The zero-order chi connectivity index (χ0) is 17.6. The molecule has 1 N–H and O–H groups in total. The predicted molar refractivity (Wildman–Crippen MR) is 102 cm³/mol. The number of hydrogen-bond acceptors (Lipinski definition) is 2. The number of hydrogen-bond donors (Lipinski definition) is 1. The van der Waals surface area contributed by atoms with E-state index in [0.29, 0.717) is 12.0 Å². The van der Waals surface area contributed by atoms with E-state index in [2.05, 4.69) is 25.1 Å². The minimum Gasteiger partial charge on any atom is -0.336 e. The fourth-order valence-corrected chi connectivity index (χ4v) is 3.38. The summed E-state index contributed by atoms with van der Waals surface area (Å²) in [6, 6.07) is 16.2. The Hall–Kier alpha value is -2.65. The van der Waals surface area contributed by atoms with Gasteiger partial charge in [0.15, 0.2) is 0 Å². The van der Waals surface area contributed by atoms with E-state index >= 15 is 0 Å². The van der Waals surface area contributed by atoms with Crippen molar-refractivity contribution in [1.29, 1.82) is 5.41 Å². The van der Waals surface area contributed by atoms with E-state index in [-0.39, 0.29) is 0 Å². The molecule has 4 heteroatoms. The van der Waals surface area contributed by atoms with Crippen molar-refractivity contribution in [3.63, 3.8) is 0 Å². The molecule has 0 saturated carbocycles. The van der Waals surface area contributed by atoms with Crippen LogP contribution in [0, 0.1) is 12.3 Å². The molecule has 0 radical (unpaired) electrons. The summed E-state index contributed by atoms with van der Waals surface area (Å²) >= 11 is 6.05. The molecule has 1 aliphatic rings. The van der Waals surface area contributed by atoms with Crippen LogP contribution in [0.1, 0.15) is 22.3 Å². The zero-order valence-corrected chi connectivity index (χ0v) is 14.9. The number of benzene rings is 2. The summed E-state index contributed by atoms with van der Waals surface area (Å²) in [7, 11) is 1.91. The Bertz CT molecular complexity index is 1060. The van der Waals surface area contributed by atoms with Gasteiger partial charge in [-0.3, -0.25) is 10.4 Å². The lowest BCUT2D eigenvalue weighted by molar-refractivity contribution is 0.810. The molecule has 0 aliphatic carbocycles. The van der Waals surface area contributed by atoms with Gasteiger partial charge in [0.1, 0.15) is 5.49 Å². The molecule has 3 aromatic rings. The van der Waals surface area contributed by atoms with E-state index in [4.69, 9.17) is 22.0 Å². The van der Waals surface area contributed by atoms with Crippen molar-refractivity contribution in [3.8, 4) is 11.1 Å². The summed E-state index contributed by atoms with van der Waals surface area (Å²) in [4.78, 5) is 4.90. The molecule has 124 valence electrons. The third-order valence-electron chi connectivity index (χ3n) is 4.61. The molecule has 1 aromatic heterocycles. The fourth-order valence-electron chi connectivity index (χ4n) is 3.26. The van der Waals surface area contributed by atoms with Gasteiger partial charge < -0.3 is 4.57 Å². The minimum atomic E-state index is 0.484. The Kier molecular flexibility index (Phi) is 3.81. The number of aliphatic imine (C=N–C) groups is 1. The monoisotopic (exact) mass is 347 g/mol. The van der Waals surface area contributed by atoms with E-state index in [0.717, 1.165) is 38.6 Å². The van der Waals surface area contributed by atoms with Crippen LogP contribution in [0.3, 0.4) is 0 Å². The van der Waals surface area contributed by atoms with Crippen molar-refractivity contribution in [2.75, 3.05) is 0 Å². The first-order chi connectivity index (χ1) is 12.0. The van der Waals surface area contributed by atoms with Crippen LogP contribution >= 0.6 is 11.6 Å². The third-order valence-corrected chi connectivity index (χ3v) is 4.86. The second-order valence-corrected chi connectivity index (χ2v) is 6.87. The molecule has 1 aliphatic heterocycles. The van der Waals surface area contributed by atoms with Crippen LogP contribution in [0.25, 0.3) is 11.1 Å². The molecular formula is C21H18ClN3. The van der Waals surface area contributed by atoms with Gasteiger partial charge in [0.2, 0.25) is 0 Å². The Balaban J connectivity index is 2.00.